The first-order valence-electron chi connectivity index (χ1n) is 8.85. The van der Waals surface area contributed by atoms with E-state index in [0.717, 1.165) is 37.1 Å². The molecular weight excluding hydrogens is 346 g/mol. The molecule has 5 nitrogen and oxygen atoms in total. The van der Waals surface area contributed by atoms with Crippen molar-refractivity contribution in [1.29, 1.82) is 0 Å². The maximum Gasteiger partial charge on any atom is 0.410 e. The summed E-state index contributed by atoms with van der Waals surface area (Å²) in [7, 11) is 0. The van der Waals surface area contributed by atoms with E-state index < -0.39 is 0 Å². The van der Waals surface area contributed by atoms with Crippen LogP contribution >= 0.6 is 22.9 Å². The van der Waals surface area contributed by atoms with Gasteiger partial charge in [-0.1, -0.05) is 18.0 Å². The van der Waals surface area contributed by atoms with Crippen molar-refractivity contribution in [3.8, 4) is 0 Å². The molecule has 3 fully saturated rings. The highest BCUT2D eigenvalue weighted by atomic mass is 35.5. The Morgan fingerprint density at radius 1 is 1.12 bits per heavy atom. The highest BCUT2D eigenvalue weighted by Gasteiger charge is 2.47. The van der Waals surface area contributed by atoms with Crippen molar-refractivity contribution in [2.45, 2.75) is 38.0 Å². The first-order chi connectivity index (χ1) is 11.7. The lowest BCUT2D eigenvalue weighted by Crippen LogP contribution is -2.43. The number of amides is 1. The van der Waals surface area contributed by atoms with Gasteiger partial charge < -0.3 is 9.64 Å². The maximum atomic E-state index is 12.2. The van der Waals surface area contributed by atoms with Crippen LogP contribution in [0.5, 0.6) is 0 Å². The van der Waals surface area contributed by atoms with Gasteiger partial charge in [0.25, 0.3) is 0 Å². The molecule has 1 aromatic rings. The fraction of sp³-hybridized carbons (Fsp3) is 0.706. The quantitative estimate of drug-likeness (QED) is 0.799. The summed E-state index contributed by atoms with van der Waals surface area (Å²) >= 11 is 7.65. The van der Waals surface area contributed by atoms with Crippen LogP contribution in [0.4, 0.5) is 4.79 Å². The molecule has 3 aliphatic rings. The Morgan fingerprint density at radius 2 is 1.96 bits per heavy atom. The molecule has 7 heteroatoms. The van der Waals surface area contributed by atoms with Crippen molar-refractivity contribution in [3.63, 3.8) is 0 Å². The van der Waals surface area contributed by atoms with Gasteiger partial charge in [-0.05, 0) is 38.1 Å². The molecule has 2 atom stereocenters. The number of carbonyl (C=O) groups excluding carboxylic acids is 1. The summed E-state index contributed by atoms with van der Waals surface area (Å²) in [6, 6.07) is 4.24. The lowest BCUT2D eigenvalue weighted by atomic mass is 10.1. The van der Waals surface area contributed by atoms with Crippen molar-refractivity contribution in [2.24, 2.45) is 0 Å². The normalized spacial score (nSPS) is 28.4. The van der Waals surface area contributed by atoms with Crippen molar-refractivity contribution in [1.82, 2.24) is 14.7 Å². The monoisotopic (exact) mass is 369 g/mol. The van der Waals surface area contributed by atoms with E-state index in [2.05, 4.69) is 15.9 Å². The number of hydrogen-bond donors (Lipinski definition) is 0. The van der Waals surface area contributed by atoms with Crippen LogP contribution in [0.25, 0.3) is 0 Å². The second-order valence-electron chi connectivity index (χ2n) is 6.99. The van der Waals surface area contributed by atoms with E-state index in [1.165, 1.54) is 37.2 Å². The highest BCUT2D eigenvalue weighted by molar-refractivity contribution is 7.16. The van der Waals surface area contributed by atoms with E-state index in [9.17, 15) is 4.79 Å². The number of ether oxygens (including phenoxy) is 1. The Bertz CT molecular complexity index is 590. The molecular formula is C17H24ClN3O2S. The summed E-state index contributed by atoms with van der Waals surface area (Å²) in [5.74, 6) is 0. The molecule has 0 spiro atoms. The number of thiophene rings is 1. The smallest absolute Gasteiger partial charge is 0.410 e. The number of likely N-dealkylation sites (tertiary alicyclic amines) is 2. The van der Waals surface area contributed by atoms with Gasteiger partial charge >= 0.3 is 6.09 Å². The number of piperidine rings is 1. The van der Waals surface area contributed by atoms with Crippen LogP contribution in [0.1, 0.15) is 24.1 Å². The van der Waals surface area contributed by atoms with Crippen LogP contribution in [0.3, 0.4) is 0 Å². The van der Waals surface area contributed by atoms with Crippen molar-refractivity contribution in [2.75, 3.05) is 39.3 Å². The lowest BCUT2D eigenvalue weighted by Gasteiger charge is -2.29. The minimum absolute atomic E-state index is 0.0225. The number of hydrogen-bond acceptors (Lipinski definition) is 5. The van der Waals surface area contributed by atoms with Gasteiger partial charge in [0.05, 0.1) is 10.4 Å². The predicted octanol–water partition coefficient (Wildman–Crippen LogP) is 2.89. The molecule has 0 aromatic carbocycles. The maximum absolute atomic E-state index is 12.2. The Hall–Kier alpha value is -0.820. The summed E-state index contributed by atoms with van der Waals surface area (Å²) in [5.41, 5.74) is 0. The van der Waals surface area contributed by atoms with E-state index in [1.54, 1.807) is 11.3 Å². The van der Waals surface area contributed by atoms with Gasteiger partial charge in [0.2, 0.25) is 0 Å². The third-order valence-corrected chi connectivity index (χ3v) is 6.53. The van der Waals surface area contributed by atoms with E-state index in [1.807, 2.05) is 11.0 Å². The molecule has 132 valence electrons. The molecule has 3 aliphatic heterocycles. The molecule has 4 rings (SSSR count). The third kappa shape index (κ3) is 3.57. The average molecular weight is 370 g/mol. The first kappa shape index (κ1) is 16.6. The zero-order valence-corrected chi connectivity index (χ0v) is 15.4. The molecule has 4 heterocycles. The van der Waals surface area contributed by atoms with E-state index in [4.69, 9.17) is 16.3 Å². The van der Waals surface area contributed by atoms with Gasteiger partial charge in [0.15, 0.2) is 0 Å². The van der Waals surface area contributed by atoms with Crippen molar-refractivity contribution >= 4 is 29.0 Å². The second-order valence-corrected chi connectivity index (χ2v) is 8.78. The van der Waals surface area contributed by atoms with Gasteiger partial charge in [-0.15, -0.1) is 11.3 Å². The number of halogens is 1. The van der Waals surface area contributed by atoms with Gasteiger partial charge in [-0.2, -0.15) is 0 Å². The molecule has 0 N–H and O–H groups in total. The fourth-order valence-electron chi connectivity index (χ4n) is 4.06. The molecule has 0 radical (unpaired) electrons. The first-order valence-corrected chi connectivity index (χ1v) is 10.0. The van der Waals surface area contributed by atoms with Crippen LogP contribution in [-0.2, 0) is 11.3 Å². The summed E-state index contributed by atoms with van der Waals surface area (Å²) in [6.45, 7) is 6.71. The van der Waals surface area contributed by atoms with Crippen LogP contribution in [0.15, 0.2) is 12.1 Å². The average Bonchev–Trinajstić information content (AvgIpc) is 3.22. The minimum atomic E-state index is -0.124. The molecule has 24 heavy (non-hydrogen) atoms. The Kier molecular flexibility index (Phi) is 4.99. The van der Waals surface area contributed by atoms with Crippen LogP contribution in [-0.4, -0.2) is 72.2 Å². The van der Waals surface area contributed by atoms with Gasteiger partial charge in [0, 0.05) is 37.6 Å². The molecule has 1 amide bonds. The van der Waals surface area contributed by atoms with E-state index in [-0.39, 0.29) is 18.2 Å². The molecule has 0 bridgehead atoms. The van der Waals surface area contributed by atoms with Crippen molar-refractivity contribution in [3.05, 3.63) is 21.3 Å². The number of fused-ring (bicyclic) bond motifs is 1. The highest BCUT2D eigenvalue weighted by Crippen LogP contribution is 2.30. The Balaban J connectivity index is 1.32. The Morgan fingerprint density at radius 3 is 2.71 bits per heavy atom. The summed E-state index contributed by atoms with van der Waals surface area (Å²) in [6.07, 6.45) is 3.81. The number of rotatable bonds is 5. The van der Waals surface area contributed by atoms with Gasteiger partial charge in [-0.3, -0.25) is 9.80 Å². The largest absolute Gasteiger partial charge is 0.442 e. The summed E-state index contributed by atoms with van der Waals surface area (Å²) in [4.78, 5) is 20.3. The molecule has 0 unspecified atom stereocenters. The van der Waals surface area contributed by atoms with Crippen molar-refractivity contribution < 1.29 is 9.53 Å². The minimum Gasteiger partial charge on any atom is -0.442 e. The standard InChI is InChI=1S/C17H24ClN3O2S/c18-16-5-4-13(24-16)10-20-11-14-15(12-20)23-17(22)21(14)9-8-19-6-2-1-3-7-19/h4-5,14-15H,1-3,6-12H2/t14-,15+/m0/s1. The van der Waals surface area contributed by atoms with E-state index in [0.29, 0.717) is 0 Å². The number of carbonyl (C=O) groups is 1. The third-order valence-electron chi connectivity index (χ3n) is 5.31. The van der Waals surface area contributed by atoms with Crippen LogP contribution in [0.2, 0.25) is 4.34 Å². The zero-order chi connectivity index (χ0) is 16.5. The topological polar surface area (TPSA) is 36.0 Å². The summed E-state index contributed by atoms with van der Waals surface area (Å²) in [5, 5.41) is 0. The Labute approximate surface area is 152 Å². The van der Waals surface area contributed by atoms with Crippen LogP contribution < -0.4 is 0 Å². The summed E-state index contributed by atoms with van der Waals surface area (Å²) < 4.78 is 6.45. The molecule has 3 saturated heterocycles. The fourth-order valence-corrected chi connectivity index (χ4v) is 5.19. The van der Waals surface area contributed by atoms with Gasteiger partial charge in [-0.25, -0.2) is 4.79 Å². The zero-order valence-electron chi connectivity index (χ0n) is 13.8. The van der Waals surface area contributed by atoms with Gasteiger partial charge in [0.1, 0.15) is 6.10 Å². The van der Waals surface area contributed by atoms with Crippen LogP contribution in [0, 0.1) is 0 Å². The molecule has 1 aromatic heterocycles. The second kappa shape index (κ2) is 7.20. The lowest BCUT2D eigenvalue weighted by molar-refractivity contribution is 0.117. The van der Waals surface area contributed by atoms with E-state index >= 15 is 0 Å². The SMILES string of the molecule is O=C1O[C@@H]2CN(Cc3ccc(Cl)s3)C[C@@H]2N1CCN1CCCCC1. The predicted molar refractivity (Wildman–Crippen MR) is 95.7 cm³/mol. The molecule has 0 aliphatic carbocycles. The molecule has 0 saturated carbocycles. The number of nitrogens with zero attached hydrogens (tertiary/aromatic N) is 3.